The molecule has 0 radical (unpaired) electrons. The molecule has 0 saturated carbocycles. The van der Waals surface area contributed by atoms with Crippen molar-refractivity contribution in [1.29, 1.82) is 0 Å². The standard InChI is InChI=1S/C21H21ClN6O3/c22-15-2-1-3-18-14(15)6-7-21(31-18)8-10-27(11-9-21)19-5-4-16(23-25-19)17-12-28(26-24-17)13-20(29)30/h1-5,12H,6-11,13H2,(H,29,30). The largest absolute Gasteiger partial charge is 0.487 e. The van der Waals surface area contributed by atoms with Gasteiger partial charge in [-0.25, -0.2) is 4.68 Å². The first-order valence-corrected chi connectivity index (χ1v) is 10.6. The minimum Gasteiger partial charge on any atom is -0.487 e. The highest BCUT2D eigenvalue weighted by Crippen LogP contribution is 2.42. The second-order valence-electron chi connectivity index (χ2n) is 7.96. The molecule has 1 fully saturated rings. The third-order valence-corrected chi connectivity index (χ3v) is 6.33. The number of benzene rings is 1. The molecule has 0 unspecified atom stereocenters. The molecule has 4 heterocycles. The summed E-state index contributed by atoms with van der Waals surface area (Å²) in [5.41, 5.74) is 2.01. The number of aliphatic carboxylic acids is 1. The van der Waals surface area contributed by atoms with Gasteiger partial charge < -0.3 is 14.7 Å². The molecule has 0 atom stereocenters. The van der Waals surface area contributed by atoms with Crippen molar-refractivity contribution in [3.63, 3.8) is 0 Å². The van der Waals surface area contributed by atoms with Gasteiger partial charge in [0.2, 0.25) is 0 Å². The van der Waals surface area contributed by atoms with Gasteiger partial charge >= 0.3 is 5.97 Å². The zero-order valence-corrected chi connectivity index (χ0v) is 17.5. The molecule has 5 rings (SSSR count). The molecular formula is C21H21ClN6O3. The van der Waals surface area contributed by atoms with Crippen LogP contribution >= 0.6 is 11.6 Å². The molecule has 1 N–H and O–H groups in total. The van der Waals surface area contributed by atoms with Crippen molar-refractivity contribution in [3.05, 3.63) is 47.1 Å². The molecule has 0 aliphatic carbocycles. The van der Waals surface area contributed by atoms with Crippen LogP contribution in [0, 0.1) is 0 Å². The molecule has 1 aromatic carbocycles. The Morgan fingerprint density at radius 2 is 1.94 bits per heavy atom. The number of nitrogens with zero attached hydrogens (tertiary/aromatic N) is 6. The van der Waals surface area contributed by atoms with Crippen LogP contribution in [0.5, 0.6) is 5.75 Å². The zero-order chi connectivity index (χ0) is 21.4. The summed E-state index contributed by atoms with van der Waals surface area (Å²) in [4.78, 5) is 13.0. The van der Waals surface area contributed by atoms with Crippen LogP contribution in [-0.2, 0) is 17.8 Å². The highest BCUT2D eigenvalue weighted by Gasteiger charge is 2.40. The lowest BCUT2D eigenvalue weighted by Gasteiger charge is -2.45. The lowest BCUT2D eigenvalue weighted by Crippen LogP contribution is -2.50. The summed E-state index contributed by atoms with van der Waals surface area (Å²) in [6.07, 6.45) is 5.27. The molecule has 31 heavy (non-hydrogen) atoms. The van der Waals surface area contributed by atoms with Crippen LogP contribution in [0.1, 0.15) is 24.8 Å². The van der Waals surface area contributed by atoms with Crippen molar-refractivity contribution >= 4 is 23.4 Å². The Hall–Kier alpha value is -3.20. The average molecular weight is 441 g/mol. The van der Waals surface area contributed by atoms with Gasteiger partial charge in [-0.1, -0.05) is 22.9 Å². The van der Waals surface area contributed by atoms with Crippen LogP contribution in [0.4, 0.5) is 5.82 Å². The zero-order valence-electron chi connectivity index (χ0n) is 16.7. The van der Waals surface area contributed by atoms with Gasteiger partial charge in [0, 0.05) is 36.5 Å². The number of halogens is 1. The molecule has 2 aliphatic rings. The quantitative estimate of drug-likeness (QED) is 0.660. The van der Waals surface area contributed by atoms with E-state index in [4.69, 9.17) is 21.4 Å². The number of hydrogen-bond acceptors (Lipinski definition) is 7. The number of carboxylic acid groups (broad SMARTS) is 1. The molecule has 2 aromatic heterocycles. The van der Waals surface area contributed by atoms with Crippen molar-refractivity contribution in [2.75, 3.05) is 18.0 Å². The number of carbonyl (C=O) groups is 1. The maximum Gasteiger partial charge on any atom is 0.325 e. The predicted octanol–water partition coefficient (Wildman–Crippen LogP) is 2.84. The van der Waals surface area contributed by atoms with Gasteiger partial charge in [0.15, 0.2) is 5.82 Å². The van der Waals surface area contributed by atoms with E-state index in [9.17, 15) is 4.79 Å². The normalized spacial score (nSPS) is 17.3. The Bertz CT molecular complexity index is 1110. The van der Waals surface area contributed by atoms with Crippen molar-refractivity contribution < 1.29 is 14.6 Å². The smallest absolute Gasteiger partial charge is 0.325 e. The van der Waals surface area contributed by atoms with E-state index in [1.165, 1.54) is 4.68 Å². The highest BCUT2D eigenvalue weighted by atomic mass is 35.5. The van der Waals surface area contributed by atoms with Crippen LogP contribution in [0.3, 0.4) is 0 Å². The monoisotopic (exact) mass is 440 g/mol. The first kappa shape index (κ1) is 19.7. The van der Waals surface area contributed by atoms with E-state index in [2.05, 4.69) is 25.4 Å². The molecule has 1 spiro atoms. The Labute approximate surface area is 183 Å². The lowest BCUT2D eigenvalue weighted by atomic mass is 9.83. The van der Waals surface area contributed by atoms with Gasteiger partial charge in [-0.2, -0.15) is 0 Å². The van der Waals surface area contributed by atoms with Crippen LogP contribution in [-0.4, -0.2) is 55.0 Å². The third-order valence-electron chi connectivity index (χ3n) is 5.98. The Morgan fingerprint density at radius 1 is 1.10 bits per heavy atom. The fourth-order valence-electron chi connectivity index (χ4n) is 4.27. The van der Waals surface area contributed by atoms with E-state index in [1.807, 2.05) is 30.3 Å². The molecule has 0 bridgehead atoms. The Balaban J connectivity index is 1.24. The first-order chi connectivity index (χ1) is 15.0. The number of piperidine rings is 1. The van der Waals surface area contributed by atoms with Crippen LogP contribution in [0.2, 0.25) is 5.02 Å². The topological polar surface area (TPSA) is 106 Å². The predicted molar refractivity (Wildman–Crippen MR) is 113 cm³/mol. The molecular weight excluding hydrogens is 420 g/mol. The molecule has 160 valence electrons. The van der Waals surface area contributed by atoms with Crippen molar-refractivity contribution in [1.82, 2.24) is 25.2 Å². The van der Waals surface area contributed by atoms with Gasteiger partial charge in [0.1, 0.15) is 29.3 Å². The molecule has 3 aromatic rings. The first-order valence-electron chi connectivity index (χ1n) is 10.2. The van der Waals surface area contributed by atoms with Crippen molar-refractivity contribution in [2.24, 2.45) is 0 Å². The third kappa shape index (κ3) is 3.93. The van der Waals surface area contributed by atoms with Gasteiger partial charge in [-0.15, -0.1) is 15.3 Å². The number of hydrogen-bond donors (Lipinski definition) is 1. The highest BCUT2D eigenvalue weighted by molar-refractivity contribution is 6.31. The summed E-state index contributed by atoms with van der Waals surface area (Å²) < 4.78 is 7.68. The number of carboxylic acids is 1. The van der Waals surface area contributed by atoms with E-state index in [-0.39, 0.29) is 12.1 Å². The van der Waals surface area contributed by atoms with Crippen molar-refractivity contribution in [2.45, 2.75) is 37.8 Å². The van der Waals surface area contributed by atoms with Gasteiger partial charge in [-0.05, 0) is 37.1 Å². The Kier molecular flexibility index (Phi) is 4.97. The fourth-order valence-corrected chi connectivity index (χ4v) is 4.53. The van der Waals surface area contributed by atoms with E-state index >= 15 is 0 Å². The van der Waals surface area contributed by atoms with Gasteiger partial charge in [0.25, 0.3) is 0 Å². The SMILES string of the molecule is O=C(O)Cn1cc(-c2ccc(N3CCC4(CCc5c(Cl)cccc5O4)CC3)nn2)nn1. The van der Waals surface area contributed by atoms with E-state index < -0.39 is 5.97 Å². The summed E-state index contributed by atoms with van der Waals surface area (Å²) >= 11 is 6.31. The number of anilines is 1. The molecule has 10 heteroatoms. The summed E-state index contributed by atoms with van der Waals surface area (Å²) in [5.74, 6) is 0.734. The maximum absolute atomic E-state index is 10.8. The number of fused-ring (bicyclic) bond motifs is 1. The lowest BCUT2D eigenvalue weighted by molar-refractivity contribution is -0.137. The minimum absolute atomic E-state index is 0.149. The fraction of sp³-hybridized carbons (Fsp3) is 0.381. The van der Waals surface area contributed by atoms with Crippen LogP contribution in [0.25, 0.3) is 11.4 Å². The summed E-state index contributed by atoms with van der Waals surface area (Å²) in [5, 5.41) is 26.0. The van der Waals surface area contributed by atoms with Crippen LogP contribution < -0.4 is 9.64 Å². The van der Waals surface area contributed by atoms with Gasteiger partial charge in [0.05, 0.1) is 6.20 Å². The second-order valence-corrected chi connectivity index (χ2v) is 8.37. The summed E-state index contributed by atoms with van der Waals surface area (Å²) in [6, 6.07) is 9.60. The number of aromatic nitrogens is 5. The Morgan fingerprint density at radius 3 is 2.68 bits per heavy atom. The second kappa shape index (κ2) is 7.81. The minimum atomic E-state index is -0.978. The van der Waals surface area contributed by atoms with E-state index in [0.717, 1.165) is 60.9 Å². The summed E-state index contributed by atoms with van der Waals surface area (Å²) in [7, 11) is 0. The molecule has 0 amide bonds. The molecule has 1 saturated heterocycles. The number of rotatable bonds is 4. The van der Waals surface area contributed by atoms with Crippen molar-refractivity contribution in [3.8, 4) is 17.1 Å². The molecule has 9 nitrogen and oxygen atoms in total. The number of ether oxygens (including phenoxy) is 1. The maximum atomic E-state index is 10.8. The van der Waals surface area contributed by atoms with Gasteiger partial charge in [-0.3, -0.25) is 4.79 Å². The van der Waals surface area contributed by atoms with Crippen LogP contribution in [0.15, 0.2) is 36.5 Å². The summed E-state index contributed by atoms with van der Waals surface area (Å²) in [6.45, 7) is 1.42. The molecule has 2 aliphatic heterocycles. The van der Waals surface area contributed by atoms with E-state index in [0.29, 0.717) is 11.4 Å². The average Bonchev–Trinajstić information content (AvgIpc) is 3.22. The van der Waals surface area contributed by atoms with E-state index in [1.54, 1.807) is 6.20 Å².